The van der Waals surface area contributed by atoms with Crippen molar-refractivity contribution in [3.05, 3.63) is 52.5 Å². The number of nitrogens with zero attached hydrogens (tertiary/aromatic N) is 4. The first kappa shape index (κ1) is 12.8. The van der Waals surface area contributed by atoms with E-state index in [2.05, 4.69) is 63.6 Å². The van der Waals surface area contributed by atoms with Crippen molar-refractivity contribution < 1.29 is 0 Å². The molecule has 2 heterocycles. The van der Waals surface area contributed by atoms with Gasteiger partial charge >= 0.3 is 0 Å². The Morgan fingerprint density at radius 3 is 2.90 bits per heavy atom. The highest BCUT2D eigenvalue weighted by Gasteiger charge is 2.09. The zero-order chi connectivity index (χ0) is 13.9. The van der Waals surface area contributed by atoms with E-state index in [1.165, 1.54) is 11.1 Å². The number of tetrazole rings is 1. The van der Waals surface area contributed by atoms with Gasteiger partial charge in [-0.05, 0) is 64.4 Å². The molecule has 3 aromatic rings. The van der Waals surface area contributed by atoms with Crippen LogP contribution in [0.4, 0.5) is 5.69 Å². The quantitative estimate of drug-likeness (QED) is 0.799. The lowest BCUT2D eigenvalue weighted by atomic mass is 10.1. The second kappa shape index (κ2) is 5.42. The summed E-state index contributed by atoms with van der Waals surface area (Å²) < 4.78 is 1.65. The average Bonchev–Trinajstić information content (AvgIpc) is 3.14. The Bertz CT molecular complexity index is 676. The topological polar surface area (TPSA) is 55.6 Å². The molecule has 5 nitrogen and oxygen atoms in total. The number of nitrogens with one attached hydrogen (secondary N) is 1. The molecule has 0 aliphatic rings. The van der Waals surface area contributed by atoms with Crippen molar-refractivity contribution in [3.8, 4) is 5.69 Å². The van der Waals surface area contributed by atoms with Gasteiger partial charge in [0, 0.05) is 11.7 Å². The molecule has 0 saturated heterocycles. The molecule has 2 aromatic heterocycles. The van der Waals surface area contributed by atoms with Gasteiger partial charge in [-0.25, -0.2) is 4.68 Å². The molecule has 6 heteroatoms. The van der Waals surface area contributed by atoms with E-state index in [9.17, 15) is 0 Å². The molecule has 0 spiro atoms. The fraction of sp³-hybridized carbons (Fsp3) is 0.214. The van der Waals surface area contributed by atoms with Crippen molar-refractivity contribution in [3.63, 3.8) is 0 Å². The van der Waals surface area contributed by atoms with Gasteiger partial charge in [-0.1, -0.05) is 6.07 Å². The molecule has 3 rings (SSSR count). The van der Waals surface area contributed by atoms with Crippen molar-refractivity contribution >= 4 is 17.0 Å². The van der Waals surface area contributed by atoms with E-state index in [1.54, 1.807) is 22.3 Å². The molecule has 1 atom stereocenters. The van der Waals surface area contributed by atoms with Gasteiger partial charge in [0.15, 0.2) is 0 Å². The normalized spacial score (nSPS) is 12.3. The summed E-state index contributed by atoms with van der Waals surface area (Å²) in [5, 5.41) is 19.0. The van der Waals surface area contributed by atoms with Crippen molar-refractivity contribution in [2.45, 2.75) is 19.9 Å². The second-order valence-corrected chi connectivity index (χ2v) is 5.46. The smallest absolute Gasteiger partial charge is 0.143 e. The van der Waals surface area contributed by atoms with Gasteiger partial charge in [-0.2, -0.15) is 11.3 Å². The summed E-state index contributed by atoms with van der Waals surface area (Å²) in [6, 6.07) is 8.55. The number of anilines is 1. The minimum absolute atomic E-state index is 0.268. The zero-order valence-corrected chi connectivity index (χ0v) is 12.1. The summed E-state index contributed by atoms with van der Waals surface area (Å²) in [4.78, 5) is 0. The van der Waals surface area contributed by atoms with E-state index in [0.29, 0.717) is 0 Å². The Morgan fingerprint density at radius 2 is 2.20 bits per heavy atom. The molecule has 0 aliphatic carbocycles. The third-order valence-electron chi connectivity index (χ3n) is 3.25. The Labute approximate surface area is 121 Å². The molecule has 0 aliphatic heterocycles. The molecule has 102 valence electrons. The van der Waals surface area contributed by atoms with E-state index < -0.39 is 0 Å². The molecule has 0 bridgehead atoms. The lowest BCUT2D eigenvalue weighted by Gasteiger charge is -2.17. The van der Waals surface area contributed by atoms with Gasteiger partial charge in [-0.3, -0.25) is 0 Å². The first-order chi connectivity index (χ1) is 9.74. The van der Waals surface area contributed by atoms with E-state index in [1.807, 2.05) is 6.07 Å². The van der Waals surface area contributed by atoms with Crippen molar-refractivity contribution in [2.24, 2.45) is 0 Å². The molecule has 20 heavy (non-hydrogen) atoms. The number of aromatic nitrogens is 4. The number of benzene rings is 1. The molecule has 1 N–H and O–H groups in total. The maximum atomic E-state index is 3.92. The second-order valence-electron chi connectivity index (χ2n) is 4.68. The molecule has 0 amide bonds. The highest BCUT2D eigenvalue weighted by atomic mass is 32.1. The van der Waals surface area contributed by atoms with Crippen LogP contribution in [0.15, 0.2) is 41.4 Å². The number of hydrogen-bond donors (Lipinski definition) is 1. The Balaban J connectivity index is 1.87. The predicted octanol–water partition coefficient (Wildman–Crippen LogP) is 3.21. The highest BCUT2D eigenvalue weighted by Crippen LogP contribution is 2.25. The van der Waals surface area contributed by atoms with Crippen LogP contribution < -0.4 is 5.32 Å². The SMILES string of the molecule is Cc1ccc(-n2cnnn2)cc1NC(C)c1ccsc1. The van der Waals surface area contributed by atoms with Gasteiger partial charge < -0.3 is 5.32 Å². The molecule has 0 saturated carbocycles. The summed E-state index contributed by atoms with van der Waals surface area (Å²) in [5.41, 5.74) is 4.53. The monoisotopic (exact) mass is 285 g/mol. The zero-order valence-electron chi connectivity index (χ0n) is 11.3. The van der Waals surface area contributed by atoms with Crippen LogP contribution in [-0.4, -0.2) is 20.2 Å². The van der Waals surface area contributed by atoms with Gasteiger partial charge in [0.05, 0.1) is 5.69 Å². The van der Waals surface area contributed by atoms with E-state index in [4.69, 9.17) is 0 Å². The fourth-order valence-electron chi connectivity index (χ4n) is 2.03. The largest absolute Gasteiger partial charge is 0.378 e. The standard InChI is InChI=1S/C14H15N5S/c1-10-3-4-13(19-9-15-17-18-19)7-14(10)16-11(2)12-5-6-20-8-12/h3-9,11,16H,1-2H3. The maximum Gasteiger partial charge on any atom is 0.143 e. The van der Waals surface area contributed by atoms with Gasteiger partial charge in [0.25, 0.3) is 0 Å². The predicted molar refractivity (Wildman–Crippen MR) is 80.2 cm³/mol. The summed E-state index contributed by atoms with van der Waals surface area (Å²) >= 11 is 1.71. The van der Waals surface area contributed by atoms with Gasteiger partial charge in [0.2, 0.25) is 0 Å². The number of thiophene rings is 1. The third-order valence-corrected chi connectivity index (χ3v) is 3.95. The van der Waals surface area contributed by atoms with Crippen LogP contribution >= 0.6 is 11.3 Å². The lowest BCUT2D eigenvalue weighted by molar-refractivity contribution is 0.788. The molecule has 1 unspecified atom stereocenters. The summed E-state index contributed by atoms with van der Waals surface area (Å²) in [7, 11) is 0. The van der Waals surface area contributed by atoms with Crippen LogP contribution in [0, 0.1) is 6.92 Å². The number of aryl methyl sites for hydroxylation is 1. The summed E-state index contributed by atoms with van der Waals surface area (Å²) in [6.45, 7) is 4.25. The molecule has 0 radical (unpaired) electrons. The van der Waals surface area contributed by atoms with Crippen LogP contribution in [0.25, 0.3) is 5.69 Å². The first-order valence-corrected chi connectivity index (χ1v) is 7.31. The lowest BCUT2D eigenvalue weighted by Crippen LogP contribution is -2.07. The molecule has 0 fully saturated rings. The Morgan fingerprint density at radius 1 is 1.30 bits per heavy atom. The average molecular weight is 285 g/mol. The van der Waals surface area contributed by atoms with Crippen molar-refractivity contribution in [2.75, 3.05) is 5.32 Å². The number of rotatable bonds is 4. The van der Waals surface area contributed by atoms with Crippen molar-refractivity contribution in [1.29, 1.82) is 0 Å². The van der Waals surface area contributed by atoms with Crippen LogP contribution in [0.1, 0.15) is 24.1 Å². The van der Waals surface area contributed by atoms with Gasteiger partial charge in [0.1, 0.15) is 6.33 Å². The minimum Gasteiger partial charge on any atom is -0.378 e. The highest BCUT2D eigenvalue weighted by molar-refractivity contribution is 7.07. The molecular formula is C14H15N5S. The molecular weight excluding hydrogens is 270 g/mol. The van der Waals surface area contributed by atoms with Crippen molar-refractivity contribution in [1.82, 2.24) is 20.2 Å². The summed E-state index contributed by atoms with van der Waals surface area (Å²) in [6.07, 6.45) is 1.59. The molecule has 1 aromatic carbocycles. The van der Waals surface area contributed by atoms with Gasteiger partial charge in [-0.15, -0.1) is 5.10 Å². The van der Waals surface area contributed by atoms with Crippen LogP contribution in [0.3, 0.4) is 0 Å². The van der Waals surface area contributed by atoms with Crippen LogP contribution in [-0.2, 0) is 0 Å². The summed E-state index contributed by atoms with van der Waals surface area (Å²) in [5.74, 6) is 0. The first-order valence-electron chi connectivity index (χ1n) is 6.36. The fourth-order valence-corrected chi connectivity index (χ4v) is 2.78. The van der Waals surface area contributed by atoms with Crippen LogP contribution in [0.5, 0.6) is 0 Å². The number of hydrogen-bond acceptors (Lipinski definition) is 5. The Hall–Kier alpha value is -2.21. The van der Waals surface area contributed by atoms with Crippen LogP contribution in [0.2, 0.25) is 0 Å². The van der Waals surface area contributed by atoms with E-state index >= 15 is 0 Å². The third kappa shape index (κ3) is 2.55. The van der Waals surface area contributed by atoms with E-state index in [-0.39, 0.29) is 6.04 Å². The Kier molecular flexibility index (Phi) is 3.47. The minimum atomic E-state index is 0.268. The maximum absolute atomic E-state index is 3.92. The van der Waals surface area contributed by atoms with E-state index in [0.717, 1.165) is 11.4 Å².